The summed E-state index contributed by atoms with van der Waals surface area (Å²) in [5.41, 5.74) is 0.189. The molecule has 4 heteroatoms. The molecular weight excluding hydrogens is 243 g/mol. The Kier molecular flexibility index (Phi) is 4.53. The Morgan fingerprint density at radius 2 is 2.00 bits per heavy atom. The fourth-order valence-corrected chi connectivity index (χ4v) is 2.58. The molecule has 0 aliphatic carbocycles. The van der Waals surface area contributed by atoms with Gasteiger partial charge < -0.3 is 9.80 Å². The number of amides is 1. The number of piperazine rings is 1. The van der Waals surface area contributed by atoms with Gasteiger partial charge in [0.05, 0.1) is 37.8 Å². The minimum absolute atomic E-state index is 0.179. The van der Waals surface area contributed by atoms with Crippen LogP contribution in [-0.4, -0.2) is 43.0 Å². The molecule has 1 aromatic rings. The molecule has 0 saturated carbocycles. The van der Waals surface area contributed by atoms with Crippen molar-refractivity contribution in [3.05, 3.63) is 35.6 Å². The van der Waals surface area contributed by atoms with Crippen LogP contribution in [0.1, 0.15) is 30.6 Å². The summed E-state index contributed by atoms with van der Waals surface area (Å²) in [5.74, 6) is -0.606. The van der Waals surface area contributed by atoms with E-state index in [4.69, 9.17) is 0 Å². The Balaban J connectivity index is 1.98. The zero-order chi connectivity index (χ0) is 13.8. The van der Waals surface area contributed by atoms with Crippen molar-refractivity contribution in [3.63, 3.8) is 0 Å². The maximum atomic E-state index is 13.6. The molecule has 104 valence electrons. The number of quaternary nitrogens is 1. The molecule has 1 amide bonds. The first-order chi connectivity index (χ1) is 9.13. The largest absolute Gasteiger partial charge is 0.330 e. The number of rotatable bonds is 3. The van der Waals surface area contributed by atoms with Crippen molar-refractivity contribution < 1.29 is 14.1 Å². The van der Waals surface area contributed by atoms with Gasteiger partial charge in [-0.2, -0.15) is 0 Å². The number of hydrogen-bond acceptors (Lipinski definition) is 1. The SMILES string of the molecule is CCC(C)[NH+]1CCN(C(=O)c2ccccc2F)CC1. The first kappa shape index (κ1) is 14.0. The van der Waals surface area contributed by atoms with E-state index in [2.05, 4.69) is 13.8 Å². The van der Waals surface area contributed by atoms with E-state index in [0.29, 0.717) is 19.1 Å². The van der Waals surface area contributed by atoms with Gasteiger partial charge in [0.2, 0.25) is 0 Å². The Morgan fingerprint density at radius 1 is 1.37 bits per heavy atom. The Hall–Kier alpha value is -1.42. The van der Waals surface area contributed by atoms with Crippen LogP contribution in [0.3, 0.4) is 0 Å². The molecule has 1 aliphatic rings. The summed E-state index contributed by atoms with van der Waals surface area (Å²) in [5, 5.41) is 0. The van der Waals surface area contributed by atoms with E-state index in [1.165, 1.54) is 6.07 Å². The van der Waals surface area contributed by atoms with Crippen molar-refractivity contribution in [2.24, 2.45) is 0 Å². The van der Waals surface area contributed by atoms with Crippen LogP contribution in [0.5, 0.6) is 0 Å². The smallest absolute Gasteiger partial charge is 0.257 e. The van der Waals surface area contributed by atoms with Crippen molar-refractivity contribution in [1.82, 2.24) is 4.90 Å². The minimum atomic E-state index is -0.427. The van der Waals surface area contributed by atoms with Crippen LogP contribution in [0.25, 0.3) is 0 Å². The number of carbonyl (C=O) groups excluding carboxylic acids is 1. The lowest BCUT2D eigenvalue weighted by atomic mass is 10.1. The highest BCUT2D eigenvalue weighted by molar-refractivity contribution is 5.94. The zero-order valence-electron chi connectivity index (χ0n) is 11.7. The first-order valence-corrected chi connectivity index (χ1v) is 7.02. The highest BCUT2D eigenvalue weighted by atomic mass is 19.1. The first-order valence-electron chi connectivity index (χ1n) is 7.02. The van der Waals surface area contributed by atoms with Crippen molar-refractivity contribution in [1.29, 1.82) is 0 Å². The van der Waals surface area contributed by atoms with E-state index in [1.807, 2.05) is 0 Å². The van der Waals surface area contributed by atoms with Gasteiger partial charge in [0.1, 0.15) is 5.82 Å². The monoisotopic (exact) mass is 265 g/mol. The summed E-state index contributed by atoms with van der Waals surface area (Å²) >= 11 is 0. The Bertz CT molecular complexity index is 442. The fraction of sp³-hybridized carbons (Fsp3) is 0.533. The second kappa shape index (κ2) is 6.15. The third-order valence-corrected chi connectivity index (χ3v) is 4.11. The van der Waals surface area contributed by atoms with Crippen LogP contribution in [0.4, 0.5) is 4.39 Å². The lowest BCUT2D eigenvalue weighted by Crippen LogP contribution is -3.17. The maximum absolute atomic E-state index is 13.6. The molecule has 0 radical (unpaired) electrons. The highest BCUT2D eigenvalue weighted by Gasteiger charge is 2.27. The van der Waals surface area contributed by atoms with Gasteiger partial charge in [-0.3, -0.25) is 4.79 Å². The second-order valence-electron chi connectivity index (χ2n) is 5.24. The van der Waals surface area contributed by atoms with Gasteiger partial charge in [-0.1, -0.05) is 19.1 Å². The summed E-state index contributed by atoms with van der Waals surface area (Å²) in [6.07, 6.45) is 1.15. The zero-order valence-corrected chi connectivity index (χ0v) is 11.7. The van der Waals surface area contributed by atoms with Gasteiger partial charge in [0, 0.05) is 0 Å². The van der Waals surface area contributed by atoms with Crippen molar-refractivity contribution in [2.45, 2.75) is 26.3 Å². The number of benzene rings is 1. The standard InChI is InChI=1S/C15H21FN2O/c1-3-12(2)17-8-10-18(11-9-17)15(19)13-6-4-5-7-14(13)16/h4-7,12H,3,8-11H2,1-2H3/p+1. The number of nitrogens with zero attached hydrogens (tertiary/aromatic N) is 1. The number of carbonyl (C=O) groups is 1. The van der Waals surface area contributed by atoms with Crippen LogP contribution < -0.4 is 4.90 Å². The van der Waals surface area contributed by atoms with Gasteiger partial charge >= 0.3 is 0 Å². The third-order valence-electron chi connectivity index (χ3n) is 4.11. The quantitative estimate of drug-likeness (QED) is 0.865. The van der Waals surface area contributed by atoms with Crippen LogP contribution in [0.2, 0.25) is 0 Å². The van der Waals surface area contributed by atoms with E-state index in [9.17, 15) is 9.18 Å². The van der Waals surface area contributed by atoms with Gasteiger partial charge in [-0.05, 0) is 25.5 Å². The minimum Gasteiger partial charge on any atom is -0.330 e. The maximum Gasteiger partial charge on any atom is 0.257 e. The van der Waals surface area contributed by atoms with Crippen LogP contribution in [-0.2, 0) is 0 Å². The number of nitrogens with one attached hydrogen (secondary N) is 1. The average Bonchev–Trinajstić information content (AvgIpc) is 2.46. The van der Waals surface area contributed by atoms with Crippen molar-refractivity contribution in [3.8, 4) is 0 Å². The Labute approximate surface area is 114 Å². The number of hydrogen-bond donors (Lipinski definition) is 1. The molecule has 0 bridgehead atoms. The van der Waals surface area contributed by atoms with E-state index in [1.54, 1.807) is 28.0 Å². The van der Waals surface area contributed by atoms with Crippen LogP contribution in [0, 0.1) is 5.82 Å². The lowest BCUT2D eigenvalue weighted by molar-refractivity contribution is -0.927. The summed E-state index contributed by atoms with van der Waals surface area (Å²) in [7, 11) is 0. The van der Waals surface area contributed by atoms with E-state index >= 15 is 0 Å². The fourth-order valence-electron chi connectivity index (χ4n) is 2.58. The molecule has 1 aliphatic heterocycles. The third kappa shape index (κ3) is 3.13. The molecule has 3 nitrogen and oxygen atoms in total. The van der Waals surface area contributed by atoms with Gasteiger partial charge in [0.25, 0.3) is 5.91 Å². The molecule has 1 fully saturated rings. The molecule has 2 rings (SSSR count). The summed E-state index contributed by atoms with van der Waals surface area (Å²) < 4.78 is 13.6. The molecule has 0 aromatic heterocycles. The summed E-state index contributed by atoms with van der Waals surface area (Å²) in [4.78, 5) is 15.6. The normalized spacial score (nSPS) is 18.4. The molecule has 1 saturated heterocycles. The van der Waals surface area contributed by atoms with E-state index in [0.717, 1.165) is 19.5 Å². The topological polar surface area (TPSA) is 24.8 Å². The molecule has 1 N–H and O–H groups in total. The van der Waals surface area contributed by atoms with E-state index < -0.39 is 5.82 Å². The summed E-state index contributed by atoms with van der Waals surface area (Å²) in [6.45, 7) is 7.77. The van der Waals surface area contributed by atoms with Gasteiger partial charge in [-0.25, -0.2) is 4.39 Å². The van der Waals surface area contributed by atoms with Crippen LogP contribution in [0.15, 0.2) is 24.3 Å². The van der Waals surface area contributed by atoms with Gasteiger partial charge in [-0.15, -0.1) is 0 Å². The lowest BCUT2D eigenvalue weighted by Gasteiger charge is -2.35. The predicted octanol–water partition coefficient (Wildman–Crippen LogP) is 0.965. The molecule has 0 spiro atoms. The molecule has 1 atom stereocenters. The summed E-state index contributed by atoms with van der Waals surface area (Å²) in [6, 6.07) is 6.85. The van der Waals surface area contributed by atoms with Crippen molar-refractivity contribution in [2.75, 3.05) is 26.2 Å². The second-order valence-corrected chi connectivity index (χ2v) is 5.24. The predicted molar refractivity (Wildman–Crippen MR) is 72.8 cm³/mol. The molecule has 19 heavy (non-hydrogen) atoms. The molecule has 1 heterocycles. The highest BCUT2D eigenvalue weighted by Crippen LogP contribution is 2.10. The average molecular weight is 265 g/mol. The molecular formula is C15H22FN2O+. The molecule has 1 unspecified atom stereocenters. The number of halogens is 1. The van der Waals surface area contributed by atoms with Crippen LogP contribution >= 0.6 is 0 Å². The van der Waals surface area contributed by atoms with Crippen molar-refractivity contribution >= 4 is 5.91 Å². The molecule has 1 aromatic carbocycles. The van der Waals surface area contributed by atoms with E-state index in [-0.39, 0.29) is 11.5 Å². The Morgan fingerprint density at radius 3 is 2.58 bits per heavy atom. The van der Waals surface area contributed by atoms with Gasteiger partial charge in [0.15, 0.2) is 0 Å².